The first kappa shape index (κ1) is 14.8. The molecule has 5 nitrogen and oxygen atoms in total. The number of amides is 2. The Morgan fingerprint density at radius 3 is 2.83 bits per heavy atom. The normalized spacial score (nSPS) is 20.2. The van der Waals surface area contributed by atoms with E-state index in [9.17, 15) is 4.79 Å². The lowest BCUT2D eigenvalue weighted by Gasteiger charge is -2.15. The van der Waals surface area contributed by atoms with E-state index in [-0.39, 0.29) is 12.1 Å². The van der Waals surface area contributed by atoms with Crippen LogP contribution >= 0.6 is 0 Å². The summed E-state index contributed by atoms with van der Waals surface area (Å²) in [5, 5.41) is 13.9. The number of carbonyl (C=O) groups excluding carboxylic acids is 1. The Bertz CT molecular complexity index is 843. The Balaban J connectivity index is 1.38. The third kappa shape index (κ3) is 2.97. The highest BCUT2D eigenvalue weighted by Crippen LogP contribution is 2.34. The third-order valence-corrected chi connectivity index (χ3v) is 4.77. The van der Waals surface area contributed by atoms with E-state index in [1.807, 2.05) is 24.3 Å². The summed E-state index contributed by atoms with van der Waals surface area (Å²) in [5.41, 5.74) is 3.06. The molecule has 1 aliphatic carbocycles. The van der Waals surface area contributed by atoms with Crippen molar-refractivity contribution >= 4 is 22.6 Å². The van der Waals surface area contributed by atoms with Crippen LogP contribution in [0.15, 0.2) is 54.7 Å². The Kier molecular flexibility index (Phi) is 3.91. The summed E-state index contributed by atoms with van der Waals surface area (Å²) in [6.07, 6.45) is 4.86. The van der Waals surface area contributed by atoms with Gasteiger partial charge in [-0.05, 0) is 42.9 Å². The number of hydrogen-bond acceptors (Lipinski definition) is 2. The molecule has 0 radical (unpaired) electrons. The lowest BCUT2D eigenvalue weighted by molar-refractivity contribution is 0.248. The highest BCUT2D eigenvalue weighted by molar-refractivity contribution is 6.00. The van der Waals surface area contributed by atoms with Crippen molar-refractivity contribution in [3.8, 4) is 0 Å². The predicted molar refractivity (Wildman–Crippen MR) is 95.1 cm³/mol. The fourth-order valence-electron chi connectivity index (χ4n) is 3.56. The maximum Gasteiger partial charge on any atom is 0.319 e. The van der Waals surface area contributed by atoms with Crippen molar-refractivity contribution < 1.29 is 4.79 Å². The first-order chi connectivity index (χ1) is 11.8. The maximum absolute atomic E-state index is 12.3. The first-order valence-corrected chi connectivity index (χ1v) is 8.34. The molecule has 24 heavy (non-hydrogen) atoms. The molecule has 1 aromatic heterocycles. The molecule has 1 heterocycles. The van der Waals surface area contributed by atoms with Crippen LogP contribution in [0.4, 0.5) is 10.5 Å². The minimum absolute atomic E-state index is 0.151. The highest BCUT2D eigenvalue weighted by atomic mass is 16.2. The van der Waals surface area contributed by atoms with Crippen molar-refractivity contribution in [3.63, 3.8) is 0 Å². The number of urea groups is 1. The van der Waals surface area contributed by atoms with E-state index in [1.165, 1.54) is 5.56 Å². The number of nitrogens with one attached hydrogen (secondary N) is 3. The van der Waals surface area contributed by atoms with E-state index in [2.05, 4.69) is 45.1 Å². The summed E-state index contributed by atoms with van der Waals surface area (Å²) < 4.78 is 0. The van der Waals surface area contributed by atoms with Gasteiger partial charge in [0.15, 0.2) is 0 Å². The zero-order valence-electron chi connectivity index (χ0n) is 13.3. The molecule has 2 aromatic carbocycles. The van der Waals surface area contributed by atoms with E-state index in [4.69, 9.17) is 0 Å². The Labute approximate surface area is 140 Å². The van der Waals surface area contributed by atoms with Crippen LogP contribution in [0.1, 0.15) is 30.7 Å². The van der Waals surface area contributed by atoms with Gasteiger partial charge in [0, 0.05) is 11.4 Å². The lowest BCUT2D eigenvalue weighted by Crippen LogP contribution is -2.36. The van der Waals surface area contributed by atoms with Gasteiger partial charge in [0.1, 0.15) is 0 Å². The number of rotatable bonds is 3. The van der Waals surface area contributed by atoms with Crippen LogP contribution in [0, 0.1) is 0 Å². The molecule has 2 amide bonds. The molecular weight excluding hydrogens is 300 g/mol. The second kappa shape index (κ2) is 6.35. The van der Waals surface area contributed by atoms with Crippen molar-refractivity contribution in [2.45, 2.75) is 31.2 Å². The van der Waals surface area contributed by atoms with E-state index in [1.54, 1.807) is 6.20 Å². The number of nitrogens with zero attached hydrogens (tertiary/aromatic N) is 1. The van der Waals surface area contributed by atoms with Crippen LogP contribution in [0.2, 0.25) is 0 Å². The van der Waals surface area contributed by atoms with Gasteiger partial charge in [-0.1, -0.05) is 36.4 Å². The Morgan fingerprint density at radius 2 is 1.96 bits per heavy atom. The van der Waals surface area contributed by atoms with Gasteiger partial charge >= 0.3 is 6.03 Å². The molecule has 0 bridgehead atoms. The molecule has 122 valence electrons. The molecule has 0 aliphatic heterocycles. The van der Waals surface area contributed by atoms with E-state index >= 15 is 0 Å². The monoisotopic (exact) mass is 320 g/mol. The third-order valence-electron chi connectivity index (χ3n) is 4.77. The van der Waals surface area contributed by atoms with Gasteiger partial charge in [-0.2, -0.15) is 5.10 Å². The standard InChI is InChI=1S/C19H20N4O/c24-19(22-17-7-4-8-18-16(17)12-20-23-18)21-15-10-9-14(11-15)13-5-2-1-3-6-13/h1-8,12,14-15H,9-11H2,(H,20,23)(H2,21,22,24)/t14-,15+/m0/s1. The maximum atomic E-state index is 12.3. The molecule has 3 N–H and O–H groups in total. The van der Waals surface area contributed by atoms with Crippen molar-refractivity contribution in [2.24, 2.45) is 0 Å². The molecule has 3 aromatic rings. The highest BCUT2D eigenvalue weighted by Gasteiger charge is 2.26. The number of H-pyrrole nitrogens is 1. The Hall–Kier alpha value is -2.82. The quantitative estimate of drug-likeness (QED) is 0.682. The van der Waals surface area contributed by atoms with E-state index in [0.29, 0.717) is 5.92 Å². The number of hydrogen-bond donors (Lipinski definition) is 3. The van der Waals surface area contributed by atoms with Crippen LogP contribution in [-0.2, 0) is 0 Å². The van der Waals surface area contributed by atoms with Gasteiger partial charge in [-0.15, -0.1) is 0 Å². The van der Waals surface area contributed by atoms with Gasteiger partial charge in [0.2, 0.25) is 0 Å². The summed E-state index contributed by atoms with van der Waals surface area (Å²) in [5.74, 6) is 0.536. The van der Waals surface area contributed by atoms with E-state index in [0.717, 1.165) is 35.9 Å². The zero-order chi connectivity index (χ0) is 16.4. The second-order valence-corrected chi connectivity index (χ2v) is 6.35. The van der Waals surface area contributed by atoms with Gasteiger partial charge in [0.25, 0.3) is 0 Å². The minimum atomic E-state index is -0.151. The average molecular weight is 320 g/mol. The van der Waals surface area contributed by atoms with Crippen molar-refractivity contribution in [1.29, 1.82) is 0 Å². The first-order valence-electron chi connectivity index (χ1n) is 8.34. The smallest absolute Gasteiger partial charge is 0.319 e. The summed E-state index contributed by atoms with van der Waals surface area (Å²) in [6, 6.07) is 16.3. The van der Waals surface area contributed by atoms with Gasteiger partial charge in [-0.3, -0.25) is 5.10 Å². The number of carbonyl (C=O) groups is 1. The number of anilines is 1. The van der Waals surface area contributed by atoms with Crippen LogP contribution in [0.25, 0.3) is 10.9 Å². The Morgan fingerprint density at radius 1 is 1.08 bits per heavy atom. The molecule has 0 spiro atoms. The molecule has 0 saturated heterocycles. The summed E-state index contributed by atoms with van der Waals surface area (Å²) in [6.45, 7) is 0. The molecular formula is C19H20N4O. The molecule has 0 unspecified atom stereocenters. The molecule has 5 heteroatoms. The lowest BCUT2D eigenvalue weighted by atomic mass is 9.98. The van der Waals surface area contributed by atoms with Crippen LogP contribution in [0.3, 0.4) is 0 Å². The fraction of sp³-hybridized carbons (Fsp3) is 0.263. The van der Waals surface area contributed by atoms with Crippen molar-refractivity contribution in [2.75, 3.05) is 5.32 Å². The van der Waals surface area contributed by atoms with Crippen molar-refractivity contribution in [1.82, 2.24) is 15.5 Å². The zero-order valence-corrected chi connectivity index (χ0v) is 13.3. The second-order valence-electron chi connectivity index (χ2n) is 6.35. The van der Waals surface area contributed by atoms with E-state index < -0.39 is 0 Å². The predicted octanol–water partition coefficient (Wildman–Crippen LogP) is 4.02. The summed E-state index contributed by atoms with van der Waals surface area (Å²) in [4.78, 5) is 12.3. The summed E-state index contributed by atoms with van der Waals surface area (Å²) >= 11 is 0. The molecule has 2 atom stereocenters. The summed E-state index contributed by atoms with van der Waals surface area (Å²) in [7, 11) is 0. The van der Waals surface area contributed by atoms with Gasteiger partial charge in [0.05, 0.1) is 17.4 Å². The largest absolute Gasteiger partial charge is 0.335 e. The minimum Gasteiger partial charge on any atom is -0.335 e. The molecule has 1 aliphatic rings. The molecule has 1 fully saturated rings. The topological polar surface area (TPSA) is 69.8 Å². The number of benzene rings is 2. The van der Waals surface area contributed by atoms with Crippen LogP contribution in [-0.4, -0.2) is 22.3 Å². The average Bonchev–Trinajstić information content (AvgIpc) is 3.25. The van der Waals surface area contributed by atoms with Gasteiger partial charge < -0.3 is 10.6 Å². The molecule has 1 saturated carbocycles. The SMILES string of the molecule is O=C(Nc1cccc2[nH]ncc12)N[C@@H]1CC[C@H](c2ccccc2)C1. The van der Waals surface area contributed by atoms with Gasteiger partial charge in [-0.25, -0.2) is 4.79 Å². The number of aromatic nitrogens is 2. The fourth-order valence-corrected chi connectivity index (χ4v) is 3.56. The van der Waals surface area contributed by atoms with Crippen LogP contribution in [0.5, 0.6) is 0 Å². The number of aromatic amines is 1. The van der Waals surface area contributed by atoms with Crippen LogP contribution < -0.4 is 10.6 Å². The molecule has 4 rings (SSSR count). The van der Waals surface area contributed by atoms with Crippen molar-refractivity contribution in [3.05, 3.63) is 60.3 Å². The number of fused-ring (bicyclic) bond motifs is 1.